The molecule has 1 saturated heterocycles. The second kappa shape index (κ2) is 7.85. The first-order chi connectivity index (χ1) is 12.9. The first kappa shape index (κ1) is 19.0. The molecule has 0 aliphatic carbocycles. The number of nitrogens with one attached hydrogen (secondary N) is 1. The average Bonchev–Trinajstić information content (AvgIpc) is 2.71. The SMILES string of the molecule is C=CC(=O)NCC(=O)N1CCN(S(=O)(=O)c2ccnc3ccccc23)CC1. The third kappa shape index (κ3) is 3.99. The van der Waals surface area contributed by atoms with E-state index in [9.17, 15) is 18.0 Å². The molecule has 1 aromatic heterocycles. The van der Waals surface area contributed by atoms with Crippen molar-refractivity contribution in [3.63, 3.8) is 0 Å². The average molecular weight is 388 g/mol. The lowest BCUT2D eigenvalue weighted by atomic mass is 10.2. The van der Waals surface area contributed by atoms with Crippen molar-refractivity contribution in [2.24, 2.45) is 0 Å². The Morgan fingerprint density at radius 2 is 1.85 bits per heavy atom. The van der Waals surface area contributed by atoms with Gasteiger partial charge in [-0.05, 0) is 18.2 Å². The number of para-hydroxylation sites is 1. The van der Waals surface area contributed by atoms with Crippen LogP contribution in [0, 0.1) is 0 Å². The minimum absolute atomic E-state index is 0.132. The van der Waals surface area contributed by atoms with Gasteiger partial charge in [0.25, 0.3) is 0 Å². The van der Waals surface area contributed by atoms with Gasteiger partial charge in [0.1, 0.15) is 0 Å². The predicted octanol–water partition coefficient (Wildman–Crippen LogP) is 0.370. The predicted molar refractivity (Wildman–Crippen MR) is 100 cm³/mol. The van der Waals surface area contributed by atoms with Crippen LogP contribution in [0.1, 0.15) is 0 Å². The Hall–Kier alpha value is -2.78. The van der Waals surface area contributed by atoms with Crippen molar-refractivity contribution in [3.05, 3.63) is 49.2 Å². The summed E-state index contributed by atoms with van der Waals surface area (Å²) < 4.78 is 27.5. The van der Waals surface area contributed by atoms with Gasteiger partial charge in [-0.2, -0.15) is 4.31 Å². The largest absolute Gasteiger partial charge is 0.343 e. The van der Waals surface area contributed by atoms with Crippen LogP contribution in [0.25, 0.3) is 10.9 Å². The van der Waals surface area contributed by atoms with Crippen molar-refractivity contribution >= 4 is 32.7 Å². The van der Waals surface area contributed by atoms with Crippen LogP contribution < -0.4 is 5.32 Å². The van der Waals surface area contributed by atoms with Crippen LogP contribution in [0.2, 0.25) is 0 Å². The normalized spacial score (nSPS) is 15.5. The van der Waals surface area contributed by atoms with Crippen molar-refractivity contribution < 1.29 is 18.0 Å². The molecular formula is C18H20N4O4S. The van der Waals surface area contributed by atoms with Gasteiger partial charge < -0.3 is 10.2 Å². The Morgan fingerprint density at radius 3 is 2.56 bits per heavy atom. The summed E-state index contributed by atoms with van der Waals surface area (Å²) in [4.78, 5) is 29.2. The van der Waals surface area contributed by atoms with Crippen LogP contribution in [0.5, 0.6) is 0 Å². The molecule has 9 heteroatoms. The lowest BCUT2D eigenvalue weighted by Crippen LogP contribution is -2.52. The number of piperazine rings is 1. The number of pyridine rings is 1. The Balaban J connectivity index is 1.70. The molecule has 1 aromatic carbocycles. The van der Waals surface area contributed by atoms with Gasteiger partial charge in [-0.1, -0.05) is 24.8 Å². The number of carbonyl (C=O) groups is 2. The molecule has 0 atom stereocenters. The molecule has 142 valence electrons. The fourth-order valence-electron chi connectivity index (χ4n) is 2.96. The Kier molecular flexibility index (Phi) is 5.52. The lowest BCUT2D eigenvalue weighted by molar-refractivity contribution is -0.133. The van der Waals surface area contributed by atoms with Crippen molar-refractivity contribution in [1.82, 2.24) is 19.5 Å². The van der Waals surface area contributed by atoms with E-state index in [-0.39, 0.29) is 43.5 Å². The third-order valence-corrected chi connectivity index (χ3v) is 6.37. The second-order valence-corrected chi connectivity index (χ2v) is 7.94. The molecule has 0 bridgehead atoms. The summed E-state index contributed by atoms with van der Waals surface area (Å²) in [6.07, 6.45) is 2.58. The highest BCUT2D eigenvalue weighted by molar-refractivity contribution is 7.89. The highest BCUT2D eigenvalue weighted by Crippen LogP contribution is 2.25. The monoisotopic (exact) mass is 388 g/mol. The van der Waals surface area contributed by atoms with Crippen LogP contribution in [-0.4, -0.2) is 67.1 Å². The molecule has 1 N–H and O–H groups in total. The summed E-state index contributed by atoms with van der Waals surface area (Å²) in [6, 6.07) is 8.58. The number of hydrogen-bond acceptors (Lipinski definition) is 5. The van der Waals surface area contributed by atoms with E-state index >= 15 is 0 Å². The molecule has 0 saturated carbocycles. The summed E-state index contributed by atoms with van der Waals surface area (Å²) in [7, 11) is -3.70. The van der Waals surface area contributed by atoms with E-state index in [1.807, 2.05) is 0 Å². The van der Waals surface area contributed by atoms with Gasteiger partial charge >= 0.3 is 0 Å². The molecule has 1 aliphatic heterocycles. The third-order valence-electron chi connectivity index (χ3n) is 4.42. The zero-order chi connectivity index (χ0) is 19.4. The van der Waals surface area contributed by atoms with Crippen LogP contribution in [-0.2, 0) is 19.6 Å². The highest BCUT2D eigenvalue weighted by Gasteiger charge is 2.31. The smallest absolute Gasteiger partial charge is 0.243 e. The molecule has 2 aromatic rings. The molecule has 0 radical (unpaired) electrons. The molecule has 2 amide bonds. The van der Waals surface area contributed by atoms with E-state index in [1.165, 1.54) is 16.6 Å². The number of nitrogens with zero attached hydrogens (tertiary/aromatic N) is 3. The number of carbonyl (C=O) groups excluding carboxylic acids is 2. The van der Waals surface area contributed by atoms with Crippen molar-refractivity contribution in [2.75, 3.05) is 32.7 Å². The van der Waals surface area contributed by atoms with Crippen LogP contribution in [0.3, 0.4) is 0 Å². The number of aromatic nitrogens is 1. The number of amides is 2. The zero-order valence-electron chi connectivity index (χ0n) is 14.7. The maximum Gasteiger partial charge on any atom is 0.243 e. The molecule has 27 heavy (non-hydrogen) atoms. The van der Waals surface area contributed by atoms with E-state index < -0.39 is 15.9 Å². The number of hydrogen-bond donors (Lipinski definition) is 1. The minimum atomic E-state index is -3.70. The van der Waals surface area contributed by atoms with Gasteiger partial charge in [-0.25, -0.2) is 8.42 Å². The van der Waals surface area contributed by atoms with Gasteiger partial charge in [-0.15, -0.1) is 0 Å². The first-order valence-corrected chi connectivity index (χ1v) is 9.89. The first-order valence-electron chi connectivity index (χ1n) is 8.45. The maximum atomic E-state index is 13.1. The summed E-state index contributed by atoms with van der Waals surface area (Å²) in [6.45, 7) is 4.12. The molecule has 1 fully saturated rings. The van der Waals surface area contributed by atoms with E-state index in [1.54, 1.807) is 29.2 Å². The van der Waals surface area contributed by atoms with Gasteiger partial charge in [-0.3, -0.25) is 14.6 Å². The van der Waals surface area contributed by atoms with E-state index in [0.717, 1.165) is 6.08 Å². The topological polar surface area (TPSA) is 99.7 Å². The summed E-state index contributed by atoms with van der Waals surface area (Å²) in [5.74, 6) is -0.675. The Bertz CT molecular complexity index is 977. The molecule has 2 heterocycles. The molecule has 0 spiro atoms. The zero-order valence-corrected chi connectivity index (χ0v) is 15.5. The van der Waals surface area contributed by atoms with Gasteiger partial charge in [0.15, 0.2) is 0 Å². The Morgan fingerprint density at radius 1 is 1.15 bits per heavy atom. The van der Waals surface area contributed by atoms with Gasteiger partial charge in [0, 0.05) is 37.8 Å². The molecule has 3 rings (SSSR count). The van der Waals surface area contributed by atoms with E-state index in [2.05, 4.69) is 16.9 Å². The van der Waals surface area contributed by atoms with Gasteiger partial charge in [0.2, 0.25) is 21.8 Å². The van der Waals surface area contributed by atoms with Crippen molar-refractivity contribution in [2.45, 2.75) is 4.90 Å². The summed E-state index contributed by atoms with van der Waals surface area (Å²) in [5, 5.41) is 3.00. The number of sulfonamides is 1. The lowest BCUT2D eigenvalue weighted by Gasteiger charge is -2.34. The van der Waals surface area contributed by atoms with E-state index in [4.69, 9.17) is 0 Å². The molecule has 1 aliphatic rings. The van der Waals surface area contributed by atoms with Crippen LogP contribution >= 0.6 is 0 Å². The Labute approximate surface area is 157 Å². The summed E-state index contributed by atoms with van der Waals surface area (Å²) >= 11 is 0. The quantitative estimate of drug-likeness (QED) is 0.746. The summed E-state index contributed by atoms with van der Waals surface area (Å²) in [5.41, 5.74) is 0.616. The maximum absolute atomic E-state index is 13.1. The van der Waals surface area contributed by atoms with Gasteiger partial charge in [0.05, 0.1) is 17.0 Å². The minimum Gasteiger partial charge on any atom is -0.343 e. The molecule has 0 unspecified atom stereocenters. The fraction of sp³-hybridized carbons (Fsp3) is 0.278. The van der Waals surface area contributed by atoms with E-state index in [0.29, 0.717) is 10.9 Å². The van der Waals surface area contributed by atoms with Crippen LogP contribution in [0.4, 0.5) is 0 Å². The standard InChI is InChI=1S/C18H20N4O4S/c1-2-17(23)20-13-18(24)21-9-11-22(12-10-21)27(25,26)16-7-8-19-15-6-4-3-5-14(15)16/h2-8H,1,9-13H2,(H,20,23). The fourth-order valence-corrected chi connectivity index (χ4v) is 4.56. The number of rotatable bonds is 5. The van der Waals surface area contributed by atoms with Crippen molar-refractivity contribution in [3.8, 4) is 0 Å². The number of fused-ring (bicyclic) bond motifs is 1. The number of benzene rings is 1. The second-order valence-electron chi connectivity index (χ2n) is 6.03. The highest BCUT2D eigenvalue weighted by atomic mass is 32.2. The molecular weight excluding hydrogens is 368 g/mol. The van der Waals surface area contributed by atoms with Crippen LogP contribution in [0.15, 0.2) is 54.1 Å². The molecule has 8 nitrogen and oxygen atoms in total. The van der Waals surface area contributed by atoms with Crippen molar-refractivity contribution in [1.29, 1.82) is 0 Å².